The first-order valence-electron chi connectivity index (χ1n) is 12.6. The summed E-state index contributed by atoms with van der Waals surface area (Å²) < 4.78 is 27.8. The fraction of sp³-hybridized carbons (Fsp3) is 0.321. The third-order valence-electron chi connectivity index (χ3n) is 7.05. The molecular formula is C28H28O14. The zero-order chi connectivity index (χ0) is 30.3. The molecule has 0 saturated carbocycles. The van der Waals surface area contributed by atoms with Crippen molar-refractivity contribution < 1.29 is 69.3 Å². The Morgan fingerprint density at radius 3 is 2.33 bits per heavy atom. The maximum Gasteiger partial charge on any atom is 0.338 e. The number of carbonyl (C=O) groups excluding carboxylic acids is 1. The SMILES string of the molecule is COc1c(O)cc(C(=O)O[C@@H]2Cc3c(OC4OCC(O)(CO)C4O)cc(O)cc3O[C@@H]2c2ccc(O)c(O)c2)cc1O. The lowest BCUT2D eigenvalue weighted by atomic mass is 9.93. The maximum atomic E-state index is 13.2. The van der Waals surface area contributed by atoms with E-state index in [1.165, 1.54) is 37.4 Å². The predicted molar refractivity (Wildman–Crippen MR) is 139 cm³/mol. The van der Waals surface area contributed by atoms with Crippen molar-refractivity contribution in [3.63, 3.8) is 0 Å². The van der Waals surface area contributed by atoms with Crippen molar-refractivity contribution in [2.45, 2.75) is 36.6 Å². The first-order chi connectivity index (χ1) is 19.9. The average molecular weight is 589 g/mol. The highest BCUT2D eigenvalue weighted by molar-refractivity contribution is 5.91. The molecule has 224 valence electrons. The summed E-state index contributed by atoms with van der Waals surface area (Å²) in [5, 5.41) is 80.8. The lowest BCUT2D eigenvalue weighted by molar-refractivity contribution is -0.116. The van der Waals surface area contributed by atoms with Gasteiger partial charge >= 0.3 is 5.97 Å². The minimum absolute atomic E-state index is 0.0518. The van der Waals surface area contributed by atoms with Crippen LogP contribution in [0.3, 0.4) is 0 Å². The molecule has 1 fully saturated rings. The van der Waals surface area contributed by atoms with Gasteiger partial charge in [-0.2, -0.15) is 0 Å². The number of hydrogen-bond donors (Lipinski definition) is 8. The van der Waals surface area contributed by atoms with Crippen LogP contribution in [0, 0.1) is 0 Å². The molecule has 0 bridgehead atoms. The quantitative estimate of drug-likeness (QED) is 0.142. The van der Waals surface area contributed by atoms with Gasteiger partial charge in [0.25, 0.3) is 0 Å². The van der Waals surface area contributed by atoms with Crippen molar-refractivity contribution in [1.29, 1.82) is 0 Å². The molecule has 14 nitrogen and oxygen atoms in total. The fourth-order valence-corrected chi connectivity index (χ4v) is 4.79. The van der Waals surface area contributed by atoms with Gasteiger partial charge in [-0.1, -0.05) is 6.07 Å². The summed E-state index contributed by atoms with van der Waals surface area (Å²) in [5.74, 6) is -3.40. The van der Waals surface area contributed by atoms with Crippen LogP contribution >= 0.6 is 0 Å². The highest BCUT2D eigenvalue weighted by atomic mass is 16.7. The molecule has 3 unspecified atom stereocenters. The molecular weight excluding hydrogens is 560 g/mol. The van der Waals surface area contributed by atoms with Gasteiger partial charge in [-0.05, 0) is 24.3 Å². The Morgan fingerprint density at radius 1 is 1.00 bits per heavy atom. The Hall–Kier alpha value is -4.63. The van der Waals surface area contributed by atoms with Gasteiger partial charge in [0.05, 0.1) is 25.9 Å². The van der Waals surface area contributed by atoms with Gasteiger partial charge in [0.15, 0.2) is 29.1 Å². The summed E-state index contributed by atoms with van der Waals surface area (Å²) in [6, 6.07) is 8.37. The lowest BCUT2D eigenvalue weighted by Gasteiger charge is -2.35. The van der Waals surface area contributed by atoms with Gasteiger partial charge in [-0.3, -0.25) is 0 Å². The summed E-state index contributed by atoms with van der Waals surface area (Å²) >= 11 is 0. The molecule has 0 aliphatic carbocycles. The standard InChI is InChI=1S/C28H28O14/c1-38-24-18(33)5-13(6-19(24)34)26(36)41-22-9-15-20(40-23(22)12-2-3-16(31)17(32)4-12)7-14(30)8-21(15)42-27-25(35)28(37,10-29)11-39-27/h2-8,22-23,25,27,29-35,37H,9-11H2,1H3/t22-,23-,25?,27?,28?/m1/s1. The number of esters is 1. The van der Waals surface area contributed by atoms with Gasteiger partial charge in [0.2, 0.25) is 12.0 Å². The highest BCUT2D eigenvalue weighted by Gasteiger charge is 2.49. The van der Waals surface area contributed by atoms with Crippen molar-refractivity contribution >= 4 is 5.97 Å². The lowest BCUT2D eigenvalue weighted by Crippen LogP contribution is -2.48. The molecule has 8 N–H and O–H groups in total. The minimum Gasteiger partial charge on any atom is -0.508 e. The number of aromatic hydroxyl groups is 5. The van der Waals surface area contributed by atoms with Crippen LogP contribution in [0.15, 0.2) is 42.5 Å². The number of aliphatic hydroxyl groups is 3. The van der Waals surface area contributed by atoms with Crippen molar-refractivity contribution in [1.82, 2.24) is 0 Å². The molecule has 3 aromatic rings. The van der Waals surface area contributed by atoms with Crippen LogP contribution in [0.5, 0.6) is 46.0 Å². The van der Waals surface area contributed by atoms with Gasteiger partial charge < -0.3 is 64.5 Å². The molecule has 0 amide bonds. The van der Waals surface area contributed by atoms with Crippen LogP contribution < -0.4 is 14.2 Å². The second-order valence-corrected chi connectivity index (χ2v) is 9.91. The van der Waals surface area contributed by atoms with Crippen molar-refractivity contribution in [2.24, 2.45) is 0 Å². The van der Waals surface area contributed by atoms with Crippen LogP contribution in [0.1, 0.15) is 27.6 Å². The zero-order valence-electron chi connectivity index (χ0n) is 22.0. The molecule has 42 heavy (non-hydrogen) atoms. The van der Waals surface area contributed by atoms with Gasteiger partial charge in [0, 0.05) is 29.7 Å². The number of fused-ring (bicyclic) bond motifs is 1. The zero-order valence-corrected chi connectivity index (χ0v) is 22.0. The number of benzene rings is 3. The van der Waals surface area contributed by atoms with Crippen LogP contribution in [-0.2, 0) is 15.9 Å². The largest absolute Gasteiger partial charge is 0.508 e. The van der Waals surface area contributed by atoms with Crippen LogP contribution in [0.2, 0.25) is 0 Å². The van der Waals surface area contributed by atoms with E-state index < -0.39 is 72.4 Å². The minimum atomic E-state index is -1.97. The Bertz CT molecular complexity index is 1480. The van der Waals surface area contributed by atoms with E-state index in [2.05, 4.69) is 0 Å². The monoisotopic (exact) mass is 588 g/mol. The van der Waals surface area contributed by atoms with E-state index in [-0.39, 0.29) is 46.1 Å². The van der Waals surface area contributed by atoms with E-state index in [0.717, 1.165) is 12.1 Å². The van der Waals surface area contributed by atoms with E-state index in [1.54, 1.807) is 0 Å². The Labute approximate surface area is 237 Å². The molecule has 5 atom stereocenters. The van der Waals surface area contributed by atoms with E-state index >= 15 is 0 Å². The summed E-state index contributed by atoms with van der Waals surface area (Å²) in [6.45, 7) is -1.23. The number of ether oxygens (including phenoxy) is 5. The summed E-state index contributed by atoms with van der Waals surface area (Å²) in [6.07, 6.45) is -5.47. The topological polar surface area (TPSA) is 225 Å². The van der Waals surface area contributed by atoms with E-state index in [0.29, 0.717) is 0 Å². The van der Waals surface area contributed by atoms with Crippen molar-refractivity contribution in [3.8, 4) is 46.0 Å². The van der Waals surface area contributed by atoms with Crippen molar-refractivity contribution in [3.05, 3.63) is 59.2 Å². The van der Waals surface area contributed by atoms with E-state index in [1.807, 2.05) is 0 Å². The average Bonchev–Trinajstić information content (AvgIpc) is 3.23. The van der Waals surface area contributed by atoms with Crippen molar-refractivity contribution in [2.75, 3.05) is 20.3 Å². The second-order valence-electron chi connectivity index (χ2n) is 9.91. The van der Waals surface area contributed by atoms with Crippen LogP contribution in [0.25, 0.3) is 0 Å². The fourth-order valence-electron chi connectivity index (χ4n) is 4.79. The first kappa shape index (κ1) is 28.9. The summed E-state index contributed by atoms with van der Waals surface area (Å²) in [5.41, 5.74) is -1.66. The van der Waals surface area contributed by atoms with Crippen LogP contribution in [-0.4, -0.2) is 91.2 Å². The highest BCUT2D eigenvalue weighted by Crippen LogP contribution is 2.45. The molecule has 2 heterocycles. The number of phenolic OH excluding ortho intramolecular Hbond substituents is 5. The number of aliphatic hydroxyl groups excluding tert-OH is 2. The number of hydrogen-bond acceptors (Lipinski definition) is 14. The Morgan fingerprint density at radius 2 is 1.71 bits per heavy atom. The van der Waals surface area contributed by atoms with E-state index in [9.17, 15) is 45.6 Å². The normalized spacial score (nSPS) is 24.9. The van der Waals surface area contributed by atoms with Gasteiger partial charge in [-0.15, -0.1) is 0 Å². The van der Waals surface area contributed by atoms with Gasteiger partial charge in [0.1, 0.15) is 35.1 Å². The summed E-state index contributed by atoms with van der Waals surface area (Å²) in [4.78, 5) is 13.2. The molecule has 2 aliphatic heterocycles. The predicted octanol–water partition coefficient (Wildman–Crippen LogP) is 0.944. The van der Waals surface area contributed by atoms with Gasteiger partial charge in [-0.25, -0.2) is 4.79 Å². The number of phenols is 5. The third kappa shape index (κ3) is 5.23. The number of carbonyl (C=O) groups is 1. The smallest absolute Gasteiger partial charge is 0.338 e. The van der Waals surface area contributed by atoms with Crippen LogP contribution in [0.4, 0.5) is 0 Å². The number of rotatable bonds is 7. The molecule has 0 radical (unpaired) electrons. The summed E-state index contributed by atoms with van der Waals surface area (Å²) in [7, 11) is 1.22. The molecule has 0 aromatic heterocycles. The molecule has 14 heteroatoms. The number of methoxy groups -OCH3 is 1. The molecule has 2 aliphatic rings. The Balaban J connectivity index is 1.51. The molecule has 5 rings (SSSR count). The molecule has 1 saturated heterocycles. The Kier molecular flexibility index (Phi) is 7.55. The maximum absolute atomic E-state index is 13.2. The molecule has 0 spiro atoms. The molecule has 3 aromatic carbocycles. The first-order valence-corrected chi connectivity index (χ1v) is 12.6. The third-order valence-corrected chi connectivity index (χ3v) is 7.05. The second kappa shape index (κ2) is 11.0. The van der Waals surface area contributed by atoms with E-state index in [4.69, 9.17) is 23.7 Å².